The first-order valence-corrected chi connectivity index (χ1v) is 19.8. The quantitative estimate of drug-likeness (QED) is 0.160. The zero-order valence-corrected chi connectivity index (χ0v) is 31.7. The summed E-state index contributed by atoms with van der Waals surface area (Å²) in [6.07, 6.45) is 0. The Morgan fingerprint density at radius 3 is 0.966 bits per heavy atom. The van der Waals surface area contributed by atoms with Crippen LogP contribution in [0.15, 0.2) is 224 Å². The van der Waals surface area contributed by atoms with Gasteiger partial charge in [0.2, 0.25) is 5.78 Å². The van der Waals surface area contributed by atoms with E-state index in [2.05, 4.69) is 233 Å². The van der Waals surface area contributed by atoms with E-state index in [4.69, 9.17) is 4.98 Å². The molecule has 0 fully saturated rings. The number of rotatable bonds is 7. The number of aromatic nitrogens is 3. The molecule has 0 aliphatic carbocycles. The molecule has 3 heteroatoms. The number of benzene rings is 9. The Bertz CT molecular complexity index is 3120. The number of nitrogens with zero attached hydrogens (tertiary/aromatic N) is 3. The number of para-hydroxylation sites is 4. The van der Waals surface area contributed by atoms with Gasteiger partial charge < -0.3 is 0 Å². The summed E-state index contributed by atoms with van der Waals surface area (Å²) in [4.78, 5) is 5.17. The van der Waals surface area contributed by atoms with E-state index in [0.29, 0.717) is 0 Å². The molecular weight excluding hydrogens is 703 g/mol. The molecular formula is C55H37N3. The third-order valence-corrected chi connectivity index (χ3v) is 11.3. The van der Waals surface area contributed by atoms with Crippen LogP contribution in [0.2, 0.25) is 0 Å². The summed E-state index contributed by atoms with van der Waals surface area (Å²) in [5.74, 6) is 0.898. The van der Waals surface area contributed by atoms with Crippen LogP contribution in [-0.4, -0.2) is 14.0 Å². The van der Waals surface area contributed by atoms with E-state index in [-0.39, 0.29) is 0 Å². The van der Waals surface area contributed by atoms with Crippen molar-refractivity contribution in [2.75, 3.05) is 0 Å². The van der Waals surface area contributed by atoms with Crippen LogP contribution in [0.5, 0.6) is 0 Å². The van der Waals surface area contributed by atoms with Crippen molar-refractivity contribution in [2.24, 2.45) is 0 Å². The van der Waals surface area contributed by atoms with Crippen molar-refractivity contribution < 1.29 is 0 Å². The molecule has 11 rings (SSSR count). The summed E-state index contributed by atoms with van der Waals surface area (Å²) in [6, 6.07) is 80.8. The second-order valence-corrected chi connectivity index (χ2v) is 14.7. The highest BCUT2D eigenvalue weighted by Gasteiger charge is 2.29. The maximum Gasteiger partial charge on any atom is 0.220 e. The van der Waals surface area contributed by atoms with Crippen LogP contribution >= 0.6 is 0 Å². The van der Waals surface area contributed by atoms with E-state index < -0.39 is 0 Å². The largest absolute Gasteiger partial charge is 0.278 e. The Balaban J connectivity index is 1.28. The maximum atomic E-state index is 5.17. The predicted octanol–water partition coefficient (Wildman–Crippen LogP) is 14.4. The van der Waals surface area contributed by atoms with Gasteiger partial charge in [0.05, 0.1) is 22.1 Å². The van der Waals surface area contributed by atoms with Gasteiger partial charge in [-0.25, -0.2) is 4.98 Å². The van der Waals surface area contributed by atoms with E-state index in [1.807, 2.05) is 0 Å². The van der Waals surface area contributed by atoms with Gasteiger partial charge in [0.1, 0.15) is 0 Å². The summed E-state index contributed by atoms with van der Waals surface area (Å²) in [5.41, 5.74) is 19.6. The molecule has 0 unspecified atom stereocenters. The lowest BCUT2D eigenvalue weighted by Crippen LogP contribution is -2.02. The Morgan fingerprint density at radius 2 is 0.569 bits per heavy atom. The molecule has 2 heterocycles. The van der Waals surface area contributed by atoms with Crippen LogP contribution in [0.3, 0.4) is 0 Å². The molecule has 0 amide bonds. The highest BCUT2D eigenvalue weighted by Crippen LogP contribution is 2.55. The van der Waals surface area contributed by atoms with Crippen LogP contribution in [0.25, 0.3) is 100 Å². The van der Waals surface area contributed by atoms with Gasteiger partial charge in [-0.2, -0.15) is 0 Å². The highest BCUT2D eigenvalue weighted by atomic mass is 15.2. The lowest BCUT2D eigenvalue weighted by atomic mass is 9.74. The summed E-state index contributed by atoms with van der Waals surface area (Å²) in [5, 5.41) is 0. The normalized spacial score (nSPS) is 11.4. The Morgan fingerprint density at radius 1 is 0.259 bits per heavy atom. The Hall–Kier alpha value is -7.75. The monoisotopic (exact) mass is 739 g/mol. The van der Waals surface area contributed by atoms with E-state index in [0.717, 1.165) is 50.2 Å². The first-order chi connectivity index (χ1) is 28.8. The molecule has 0 atom stereocenters. The second-order valence-electron chi connectivity index (χ2n) is 14.7. The summed E-state index contributed by atoms with van der Waals surface area (Å²) in [6.45, 7) is 0. The van der Waals surface area contributed by atoms with Crippen LogP contribution in [0, 0.1) is 0 Å². The summed E-state index contributed by atoms with van der Waals surface area (Å²) in [7, 11) is 0. The number of fused-ring (bicyclic) bond motifs is 5. The van der Waals surface area contributed by atoms with Gasteiger partial charge in [-0.15, -0.1) is 0 Å². The van der Waals surface area contributed by atoms with Gasteiger partial charge >= 0.3 is 0 Å². The second kappa shape index (κ2) is 14.1. The van der Waals surface area contributed by atoms with Crippen LogP contribution in [0.4, 0.5) is 0 Å². The van der Waals surface area contributed by atoms with Crippen LogP contribution in [0.1, 0.15) is 0 Å². The minimum Gasteiger partial charge on any atom is -0.278 e. The lowest BCUT2D eigenvalue weighted by molar-refractivity contribution is 1.11. The van der Waals surface area contributed by atoms with Gasteiger partial charge in [0.15, 0.2) is 0 Å². The smallest absolute Gasteiger partial charge is 0.220 e. The van der Waals surface area contributed by atoms with E-state index in [1.165, 1.54) is 50.1 Å². The fourth-order valence-electron chi connectivity index (χ4n) is 8.89. The average Bonchev–Trinajstić information content (AvgIpc) is 3.84. The molecule has 0 N–H and O–H groups in total. The molecule has 272 valence electrons. The summed E-state index contributed by atoms with van der Waals surface area (Å²) >= 11 is 0. The molecule has 0 spiro atoms. The molecule has 11 aromatic rings. The topological polar surface area (TPSA) is 22.2 Å². The molecule has 0 aliphatic rings. The van der Waals surface area contributed by atoms with E-state index in [1.54, 1.807) is 0 Å². The molecule has 2 aromatic heterocycles. The Kier molecular flexibility index (Phi) is 8.15. The van der Waals surface area contributed by atoms with Gasteiger partial charge in [0.25, 0.3) is 0 Å². The first kappa shape index (κ1) is 33.6. The number of hydrogen-bond acceptors (Lipinski definition) is 1. The predicted molar refractivity (Wildman–Crippen MR) is 242 cm³/mol. The molecule has 0 radical (unpaired) electrons. The fourth-order valence-corrected chi connectivity index (χ4v) is 8.89. The zero-order chi connectivity index (χ0) is 38.4. The third-order valence-electron chi connectivity index (χ3n) is 11.3. The first-order valence-electron chi connectivity index (χ1n) is 19.8. The van der Waals surface area contributed by atoms with Crippen molar-refractivity contribution in [3.8, 4) is 72.4 Å². The van der Waals surface area contributed by atoms with Gasteiger partial charge in [-0.1, -0.05) is 188 Å². The van der Waals surface area contributed by atoms with Crippen molar-refractivity contribution in [1.82, 2.24) is 14.0 Å². The SMILES string of the molecule is c1ccc(-c2c(-c3ccccc3)c(-c3ccccc3)c(-c3ccc(-n4c5ccccc5n5c6ccccc6nc45)cc3)c(-c3ccccc3)c2-c2ccccc2)cc1. The number of hydrogen-bond donors (Lipinski definition) is 0. The van der Waals surface area contributed by atoms with Crippen molar-refractivity contribution >= 4 is 27.8 Å². The molecule has 9 aromatic carbocycles. The van der Waals surface area contributed by atoms with Crippen molar-refractivity contribution in [1.29, 1.82) is 0 Å². The van der Waals surface area contributed by atoms with E-state index >= 15 is 0 Å². The highest BCUT2D eigenvalue weighted by molar-refractivity contribution is 6.15. The molecule has 0 saturated carbocycles. The fraction of sp³-hybridized carbons (Fsp3) is 0. The van der Waals surface area contributed by atoms with Crippen molar-refractivity contribution in [2.45, 2.75) is 0 Å². The minimum atomic E-state index is 0.898. The molecule has 58 heavy (non-hydrogen) atoms. The van der Waals surface area contributed by atoms with Crippen molar-refractivity contribution in [3.63, 3.8) is 0 Å². The Labute approximate surface area is 337 Å². The molecule has 0 aliphatic heterocycles. The standard InChI is InChI=1S/C55H37N3/c1-6-20-38(21-7-1)49-50(39-22-8-2-9-23-39)52(41-26-12-4-13-27-41)54(53(42-28-14-5-15-29-42)51(49)40-24-10-3-11-25-40)43-34-36-44(37-35-43)57-47-32-18-19-33-48(47)58-46-31-17-16-30-45(46)56-55(57)58/h1-37H. The average molecular weight is 740 g/mol. The van der Waals surface area contributed by atoms with Crippen molar-refractivity contribution in [3.05, 3.63) is 224 Å². The van der Waals surface area contributed by atoms with Gasteiger partial charge in [-0.3, -0.25) is 8.97 Å². The minimum absolute atomic E-state index is 0.898. The molecule has 3 nitrogen and oxygen atoms in total. The molecule has 0 saturated heterocycles. The number of imidazole rings is 2. The van der Waals surface area contributed by atoms with Crippen LogP contribution < -0.4 is 0 Å². The zero-order valence-electron chi connectivity index (χ0n) is 31.7. The lowest BCUT2D eigenvalue weighted by Gasteiger charge is -2.29. The van der Waals surface area contributed by atoms with E-state index in [9.17, 15) is 0 Å². The third kappa shape index (κ3) is 5.48. The molecule has 0 bridgehead atoms. The van der Waals surface area contributed by atoms with Gasteiger partial charge in [-0.05, 0) is 103 Å². The maximum absolute atomic E-state index is 5.17. The van der Waals surface area contributed by atoms with Gasteiger partial charge in [0, 0.05) is 5.69 Å². The van der Waals surface area contributed by atoms with Crippen LogP contribution in [-0.2, 0) is 0 Å². The summed E-state index contributed by atoms with van der Waals surface area (Å²) < 4.78 is 4.57.